The number of anilines is 2. The highest BCUT2D eigenvalue weighted by Crippen LogP contribution is 2.22. The van der Waals surface area contributed by atoms with E-state index in [4.69, 9.17) is 4.42 Å². The van der Waals surface area contributed by atoms with E-state index in [1.807, 2.05) is 19.1 Å². The van der Waals surface area contributed by atoms with E-state index in [9.17, 15) is 4.79 Å². The van der Waals surface area contributed by atoms with E-state index >= 15 is 0 Å². The summed E-state index contributed by atoms with van der Waals surface area (Å²) in [5, 5.41) is 25.2. The summed E-state index contributed by atoms with van der Waals surface area (Å²) < 4.78 is 9.42. The number of furan rings is 1. The fraction of sp³-hybridized carbons (Fsp3) is 0.316. The first-order valence-electron chi connectivity index (χ1n) is 9.78. The van der Waals surface area contributed by atoms with Crippen molar-refractivity contribution in [1.82, 2.24) is 34.7 Å². The molecule has 1 aliphatic heterocycles. The van der Waals surface area contributed by atoms with E-state index in [1.165, 1.54) is 0 Å². The van der Waals surface area contributed by atoms with E-state index in [0.717, 1.165) is 43.2 Å². The summed E-state index contributed by atoms with van der Waals surface area (Å²) in [6.07, 6.45) is 6.61. The summed E-state index contributed by atoms with van der Waals surface area (Å²) in [7, 11) is 0. The Bertz CT molecular complexity index is 1180. The van der Waals surface area contributed by atoms with Crippen LogP contribution in [-0.4, -0.2) is 40.8 Å². The first-order chi connectivity index (χ1) is 14.6. The number of fused-ring (bicyclic) bond motifs is 1. The van der Waals surface area contributed by atoms with E-state index in [-0.39, 0.29) is 0 Å². The molecule has 154 valence electrons. The van der Waals surface area contributed by atoms with Gasteiger partial charge in [0.15, 0.2) is 17.4 Å². The number of aromatic nitrogens is 7. The molecule has 0 radical (unpaired) electrons. The molecule has 1 aliphatic rings. The Kier molecular flexibility index (Phi) is 4.54. The molecule has 4 aromatic heterocycles. The number of hydrogen-bond acceptors (Lipinski definition) is 6. The molecule has 0 aromatic carbocycles. The molecule has 0 unspecified atom stereocenters. The smallest absolute Gasteiger partial charge is 0.324 e. The van der Waals surface area contributed by atoms with Crippen molar-refractivity contribution < 1.29 is 9.21 Å². The maximum Gasteiger partial charge on any atom is 0.324 e. The Morgan fingerprint density at radius 1 is 1.27 bits per heavy atom. The summed E-state index contributed by atoms with van der Waals surface area (Å²) in [5.74, 6) is 3.75. The van der Waals surface area contributed by atoms with Gasteiger partial charge in [0.25, 0.3) is 0 Å². The molecular formula is C19H21N9O2. The summed E-state index contributed by atoms with van der Waals surface area (Å²) in [6.45, 7) is 3.31. The molecule has 5 rings (SSSR count). The second-order valence-corrected chi connectivity index (χ2v) is 7.22. The summed E-state index contributed by atoms with van der Waals surface area (Å²) in [4.78, 5) is 12.3. The summed E-state index contributed by atoms with van der Waals surface area (Å²) in [6, 6.07) is 5.00. The predicted octanol–water partition coefficient (Wildman–Crippen LogP) is 2.79. The van der Waals surface area contributed by atoms with E-state index in [2.05, 4.69) is 40.7 Å². The molecule has 0 fully saturated rings. The van der Waals surface area contributed by atoms with Gasteiger partial charge in [-0.3, -0.25) is 15.1 Å². The first kappa shape index (κ1) is 18.2. The van der Waals surface area contributed by atoms with Crippen molar-refractivity contribution in [2.75, 3.05) is 10.6 Å². The SMILES string of the molecule is Cc1ccc(-c2cc(NC(=O)Nc3cnn(Cc4nnc5n4CCCC5)c3)n[nH]2)o1. The molecule has 0 spiro atoms. The van der Waals surface area contributed by atoms with Gasteiger partial charge in [0, 0.05) is 25.2 Å². The van der Waals surface area contributed by atoms with Crippen LogP contribution in [0.5, 0.6) is 0 Å². The highest BCUT2D eigenvalue weighted by Gasteiger charge is 2.16. The van der Waals surface area contributed by atoms with Crippen molar-refractivity contribution in [1.29, 1.82) is 0 Å². The van der Waals surface area contributed by atoms with Crippen LogP contribution >= 0.6 is 0 Å². The highest BCUT2D eigenvalue weighted by molar-refractivity contribution is 5.99. The minimum atomic E-state index is -0.414. The van der Waals surface area contributed by atoms with E-state index in [1.54, 1.807) is 23.1 Å². The van der Waals surface area contributed by atoms with Gasteiger partial charge in [-0.05, 0) is 31.9 Å². The fourth-order valence-electron chi connectivity index (χ4n) is 3.51. The van der Waals surface area contributed by atoms with Crippen molar-refractivity contribution in [3.63, 3.8) is 0 Å². The van der Waals surface area contributed by atoms with Gasteiger partial charge in [0.2, 0.25) is 0 Å². The second-order valence-electron chi connectivity index (χ2n) is 7.22. The van der Waals surface area contributed by atoms with E-state index < -0.39 is 6.03 Å². The molecule has 3 N–H and O–H groups in total. The van der Waals surface area contributed by atoms with Gasteiger partial charge in [0.1, 0.15) is 23.8 Å². The number of aromatic amines is 1. The van der Waals surface area contributed by atoms with Gasteiger partial charge in [-0.2, -0.15) is 10.2 Å². The largest absolute Gasteiger partial charge is 0.460 e. The standard InChI is InChI=1S/C19H21N9O2/c1-12-5-6-15(30-12)14-8-16(24-23-14)22-19(29)21-13-9-20-27(10-13)11-18-26-25-17-4-2-3-7-28(17)18/h5-6,8-10H,2-4,7,11H2,1H3,(H3,21,22,23,24,29). The molecule has 0 atom stereocenters. The van der Waals surface area contributed by atoms with Crippen LogP contribution < -0.4 is 10.6 Å². The lowest BCUT2D eigenvalue weighted by Crippen LogP contribution is -2.19. The molecule has 0 saturated heterocycles. The van der Waals surface area contributed by atoms with Crippen LogP contribution in [0.4, 0.5) is 16.3 Å². The molecule has 2 amide bonds. The van der Waals surface area contributed by atoms with Crippen LogP contribution in [0.25, 0.3) is 11.5 Å². The van der Waals surface area contributed by atoms with Crippen molar-refractivity contribution >= 4 is 17.5 Å². The molecule has 5 heterocycles. The number of nitrogens with zero attached hydrogens (tertiary/aromatic N) is 6. The average molecular weight is 407 g/mol. The zero-order valence-corrected chi connectivity index (χ0v) is 16.4. The van der Waals surface area contributed by atoms with Crippen molar-refractivity contribution in [2.24, 2.45) is 0 Å². The zero-order chi connectivity index (χ0) is 20.5. The molecule has 0 saturated carbocycles. The van der Waals surface area contributed by atoms with Crippen LogP contribution in [0.1, 0.15) is 30.3 Å². The maximum absolute atomic E-state index is 12.3. The number of hydrogen-bond donors (Lipinski definition) is 3. The number of amides is 2. The molecule has 0 bridgehead atoms. The zero-order valence-electron chi connectivity index (χ0n) is 16.4. The third-order valence-electron chi connectivity index (χ3n) is 4.96. The topological polar surface area (TPSA) is 131 Å². The lowest BCUT2D eigenvalue weighted by molar-refractivity contribution is 0.262. The summed E-state index contributed by atoms with van der Waals surface area (Å²) >= 11 is 0. The number of carbonyl (C=O) groups is 1. The Morgan fingerprint density at radius 2 is 2.20 bits per heavy atom. The van der Waals surface area contributed by atoms with Gasteiger partial charge in [0.05, 0.1) is 11.9 Å². The first-order valence-corrected chi connectivity index (χ1v) is 9.78. The summed E-state index contributed by atoms with van der Waals surface area (Å²) in [5.41, 5.74) is 1.26. The van der Waals surface area contributed by atoms with Crippen LogP contribution in [-0.2, 0) is 19.5 Å². The van der Waals surface area contributed by atoms with Gasteiger partial charge in [-0.1, -0.05) is 0 Å². The van der Waals surface area contributed by atoms with Crippen molar-refractivity contribution in [3.05, 3.63) is 48.0 Å². The van der Waals surface area contributed by atoms with Crippen LogP contribution in [0.3, 0.4) is 0 Å². The van der Waals surface area contributed by atoms with Crippen molar-refractivity contribution in [3.8, 4) is 11.5 Å². The molecule has 11 nitrogen and oxygen atoms in total. The number of carbonyl (C=O) groups excluding carboxylic acids is 1. The minimum Gasteiger partial charge on any atom is -0.460 e. The lowest BCUT2D eigenvalue weighted by atomic mass is 10.2. The number of H-pyrrole nitrogens is 1. The Balaban J connectivity index is 1.20. The molecular weight excluding hydrogens is 386 g/mol. The lowest BCUT2D eigenvalue weighted by Gasteiger charge is -2.14. The molecule has 0 aliphatic carbocycles. The maximum atomic E-state index is 12.3. The molecule has 30 heavy (non-hydrogen) atoms. The number of rotatable bonds is 5. The van der Waals surface area contributed by atoms with Crippen LogP contribution in [0.2, 0.25) is 0 Å². The fourth-order valence-corrected chi connectivity index (χ4v) is 3.51. The molecule has 11 heteroatoms. The van der Waals surface area contributed by atoms with E-state index in [0.29, 0.717) is 29.5 Å². The number of nitrogens with one attached hydrogen (secondary N) is 3. The quantitative estimate of drug-likeness (QED) is 0.466. The Hall–Kier alpha value is -3.89. The Labute approximate surface area is 171 Å². The van der Waals surface area contributed by atoms with Gasteiger partial charge in [-0.25, -0.2) is 4.79 Å². The van der Waals surface area contributed by atoms with Gasteiger partial charge >= 0.3 is 6.03 Å². The van der Waals surface area contributed by atoms with Crippen molar-refractivity contribution in [2.45, 2.75) is 39.3 Å². The van der Waals surface area contributed by atoms with Gasteiger partial charge in [-0.15, -0.1) is 10.2 Å². The third kappa shape index (κ3) is 3.69. The molecule has 4 aromatic rings. The normalized spacial score (nSPS) is 13.2. The number of aryl methyl sites for hydroxylation is 2. The van der Waals surface area contributed by atoms with Crippen LogP contribution in [0, 0.1) is 6.92 Å². The van der Waals surface area contributed by atoms with Gasteiger partial charge < -0.3 is 14.3 Å². The number of urea groups is 1. The van der Waals surface area contributed by atoms with Crippen LogP contribution in [0.15, 0.2) is 35.0 Å². The monoisotopic (exact) mass is 407 g/mol. The predicted molar refractivity (Wildman–Crippen MR) is 108 cm³/mol. The Morgan fingerprint density at radius 3 is 3.07 bits per heavy atom. The second kappa shape index (κ2) is 7.50. The third-order valence-corrected chi connectivity index (χ3v) is 4.96. The highest BCUT2D eigenvalue weighted by atomic mass is 16.3. The minimum absolute atomic E-state index is 0.388. The average Bonchev–Trinajstić information content (AvgIpc) is 3.51.